The first kappa shape index (κ1) is 16.5. The monoisotopic (exact) mass is 311 g/mol. The second-order valence-electron chi connectivity index (χ2n) is 5.58. The molecule has 0 atom stereocenters. The fraction of sp³-hybridized carbons (Fsp3) is 0.222. The first-order valence-electron chi connectivity index (χ1n) is 7.39. The summed E-state index contributed by atoms with van der Waals surface area (Å²) >= 11 is 0. The van der Waals surface area contributed by atoms with Gasteiger partial charge in [-0.15, -0.1) is 0 Å². The van der Waals surface area contributed by atoms with Crippen molar-refractivity contribution in [2.45, 2.75) is 20.8 Å². The van der Waals surface area contributed by atoms with E-state index in [1.807, 2.05) is 38.1 Å². The quantitative estimate of drug-likeness (QED) is 0.794. The van der Waals surface area contributed by atoms with Crippen molar-refractivity contribution < 1.29 is 9.59 Å². The molecule has 4 N–H and O–H groups in total. The minimum atomic E-state index is -0.514. The second-order valence-corrected chi connectivity index (χ2v) is 5.58. The lowest BCUT2D eigenvalue weighted by Crippen LogP contribution is -2.24. The molecule has 0 heterocycles. The highest BCUT2D eigenvalue weighted by Crippen LogP contribution is 2.19. The molecule has 0 saturated heterocycles. The number of hydrogen-bond acceptors (Lipinski definition) is 3. The maximum atomic E-state index is 12.1. The Hall–Kier alpha value is -2.82. The van der Waals surface area contributed by atoms with Crippen LogP contribution in [0.5, 0.6) is 0 Å². The molecule has 0 aliphatic carbocycles. The number of carbonyl (C=O) groups excluding carboxylic acids is 2. The van der Waals surface area contributed by atoms with E-state index in [1.165, 1.54) is 0 Å². The molecule has 0 aliphatic heterocycles. The Morgan fingerprint density at radius 3 is 2.39 bits per heavy atom. The van der Waals surface area contributed by atoms with Gasteiger partial charge in [0.05, 0.1) is 12.1 Å². The van der Waals surface area contributed by atoms with E-state index in [2.05, 4.69) is 10.6 Å². The van der Waals surface area contributed by atoms with Crippen molar-refractivity contribution >= 4 is 23.2 Å². The number of anilines is 2. The van der Waals surface area contributed by atoms with E-state index in [-0.39, 0.29) is 12.5 Å². The van der Waals surface area contributed by atoms with E-state index in [1.54, 1.807) is 19.1 Å². The summed E-state index contributed by atoms with van der Waals surface area (Å²) in [5.41, 5.74) is 10.1. The highest BCUT2D eigenvalue weighted by molar-refractivity contribution is 6.01. The zero-order valence-electron chi connectivity index (χ0n) is 13.6. The van der Waals surface area contributed by atoms with Gasteiger partial charge in [-0.3, -0.25) is 9.59 Å². The molecule has 0 radical (unpaired) electrons. The predicted octanol–water partition coefficient (Wildman–Crippen LogP) is 2.76. The summed E-state index contributed by atoms with van der Waals surface area (Å²) in [6.45, 7) is 5.81. The van der Waals surface area contributed by atoms with Gasteiger partial charge in [-0.2, -0.15) is 0 Å². The summed E-state index contributed by atoms with van der Waals surface area (Å²) in [7, 11) is 0. The summed E-state index contributed by atoms with van der Waals surface area (Å²) in [6, 6.07) is 11.2. The van der Waals surface area contributed by atoms with Gasteiger partial charge in [-0.1, -0.05) is 29.8 Å². The Balaban J connectivity index is 2.05. The number of amides is 2. The van der Waals surface area contributed by atoms with Gasteiger partial charge in [-0.05, 0) is 44.0 Å². The molecule has 0 fully saturated rings. The van der Waals surface area contributed by atoms with E-state index in [4.69, 9.17) is 5.73 Å². The topological polar surface area (TPSA) is 84.2 Å². The van der Waals surface area contributed by atoms with Crippen molar-refractivity contribution in [1.29, 1.82) is 0 Å². The fourth-order valence-corrected chi connectivity index (χ4v) is 2.47. The van der Waals surface area contributed by atoms with Crippen molar-refractivity contribution in [3.63, 3.8) is 0 Å². The molecule has 2 rings (SSSR count). The van der Waals surface area contributed by atoms with Gasteiger partial charge >= 0.3 is 0 Å². The Labute approximate surface area is 135 Å². The zero-order valence-corrected chi connectivity index (χ0v) is 13.6. The average Bonchev–Trinajstić information content (AvgIpc) is 2.47. The van der Waals surface area contributed by atoms with Gasteiger partial charge in [0.1, 0.15) is 0 Å². The molecule has 5 heteroatoms. The van der Waals surface area contributed by atoms with Gasteiger partial charge in [-0.25, -0.2) is 0 Å². The summed E-state index contributed by atoms with van der Waals surface area (Å²) in [4.78, 5) is 23.6. The molecule has 0 unspecified atom stereocenters. The fourth-order valence-electron chi connectivity index (χ4n) is 2.47. The molecule has 0 bridgehead atoms. The summed E-state index contributed by atoms with van der Waals surface area (Å²) in [5.74, 6) is -0.700. The van der Waals surface area contributed by atoms with Crippen LogP contribution in [0.2, 0.25) is 0 Å². The molecule has 120 valence electrons. The van der Waals surface area contributed by atoms with Crippen LogP contribution in [-0.4, -0.2) is 18.4 Å². The molecule has 2 aromatic carbocycles. The van der Waals surface area contributed by atoms with Crippen LogP contribution in [0.1, 0.15) is 27.0 Å². The second kappa shape index (κ2) is 6.96. The van der Waals surface area contributed by atoms with Gasteiger partial charge in [0.25, 0.3) is 5.91 Å². The molecule has 0 spiro atoms. The third kappa shape index (κ3) is 4.10. The highest BCUT2D eigenvalue weighted by Gasteiger charge is 2.12. The third-order valence-electron chi connectivity index (χ3n) is 3.61. The Morgan fingerprint density at radius 1 is 1.00 bits per heavy atom. The van der Waals surface area contributed by atoms with Gasteiger partial charge < -0.3 is 16.4 Å². The lowest BCUT2D eigenvalue weighted by atomic mass is 10.1. The van der Waals surface area contributed by atoms with Crippen molar-refractivity contribution in [1.82, 2.24) is 0 Å². The van der Waals surface area contributed by atoms with Crippen LogP contribution in [-0.2, 0) is 4.79 Å². The number of hydrogen-bond donors (Lipinski definition) is 3. The first-order chi connectivity index (χ1) is 10.9. The summed E-state index contributed by atoms with van der Waals surface area (Å²) in [5, 5.41) is 5.83. The zero-order chi connectivity index (χ0) is 17.0. The van der Waals surface area contributed by atoms with Crippen LogP contribution in [0.4, 0.5) is 11.4 Å². The smallest absolute Gasteiger partial charge is 0.251 e. The van der Waals surface area contributed by atoms with E-state index in [0.717, 1.165) is 22.4 Å². The minimum Gasteiger partial charge on any atom is -0.375 e. The SMILES string of the molecule is Cc1ccc(NC(=O)CNc2cccc(C)c2C(N)=O)c(C)c1. The van der Waals surface area contributed by atoms with Crippen molar-refractivity contribution in [3.05, 3.63) is 58.7 Å². The summed E-state index contributed by atoms with van der Waals surface area (Å²) in [6.07, 6.45) is 0. The van der Waals surface area contributed by atoms with Crippen molar-refractivity contribution in [3.8, 4) is 0 Å². The molecular formula is C18H21N3O2. The summed E-state index contributed by atoms with van der Waals surface area (Å²) < 4.78 is 0. The largest absolute Gasteiger partial charge is 0.375 e. The van der Waals surface area contributed by atoms with E-state index in [0.29, 0.717) is 11.3 Å². The third-order valence-corrected chi connectivity index (χ3v) is 3.61. The standard InChI is InChI=1S/C18H21N3O2/c1-11-7-8-14(13(3)9-11)21-16(22)10-20-15-6-4-5-12(2)17(15)18(19)23/h4-9,20H,10H2,1-3H3,(H2,19,23)(H,21,22). The predicted molar refractivity (Wildman–Crippen MR) is 92.7 cm³/mol. The first-order valence-corrected chi connectivity index (χ1v) is 7.39. The van der Waals surface area contributed by atoms with Crippen LogP contribution in [0.3, 0.4) is 0 Å². The van der Waals surface area contributed by atoms with Gasteiger partial charge in [0, 0.05) is 11.4 Å². The van der Waals surface area contributed by atoms with E-state index >= 15 is 0 Å². The molecular weight excluding hydrogens is 290 g/mol. The van der Waals surface area contributed by atoms with Crippen molar-refractivity contribution in [2.75, 3.05) is 17.2 Å². The number of benzene rings is 2. The molecule has 2 amide bonds. The van der Waals surface area contributed by atoms with E-state index < -0.39 is 5.91 Å². The Kier molecular flexibility index (Phi) is 5.01. The average molecular weight is 311 g/mol. The van der Waals surface area contributed by atoms with Crippen LogP contribution < -0.4 is 16.4 Å². The van der Waals surface area contributed by atoms with E-state index in [9.17, 15) is 9.59 Å². The maximum Gasteiger partial charge on any atom is 0.251 e. The van der Waals surface area contributed by atoms with Crippen LogP contribution in [0, 0.1) is 20.8 Å². The molecule has 2 aromatic rings. The molecule has 0 aromatic heterocycles. The lowest BCUT2D eigenvalue weighted by molar-refractivity contribution is -0.114. The Bertz CT molecular complexity index is 754. The maximum absolute atomic E-state index is 12.1. The minimum absolute atomic E-state index is 0.0526. The molecule has 5 nitrogen and oxygen atoms in total. The van der Waals surface area contributed by atoms with Crippen molar-refractivity contribution in [2.24, 2.45) is 5.73 Å². The molecule has 23 heavy (non-hydrogen) atoms. The number of carbonyl (C=O) groups is 2. The normalized spacial score (nSPS) is 10.2. The highest BCUT2D eigenvalue weighted by atomic mass is 16.2. The number of rotatable bonds is 5. The van der Waals surface area contributed by atoms with Crippen LogP contribution in [0.25, 0.3) is 0 Å². The number of nitrogens with two attached hydrogens (primary N) is 1. The molecule has 0 aliphatic rings. The van der Waals surface area contributed by atoms with Crippen LogP contribution in [0.15, 0.2) is 36.4 Å². The number of nitrogens with one attached hydrogen (secondary N) is 2. The van der Waals surface area contributed by atoms with Gasteiger partial charge in [0.15, 0.2) is 0 Å². The van der Waals surface area contributed by atoms with Gasteiger partial charge in [0.2, 0.25) is 5.91 Å². The Morgan fingerprint density at radius 2 is 1.74 bits per heavy atom. The van der Waals surface area contributed by atoms with Crippen LogP contribution >= 0.6 is 0 Å². The number of aryl methyl sites for hydroxylation is 3. The molecule has 0 saturated carbocycles. The number of primary amides is 1. The lowest BCUT2D eigenvalue weighted by Gasteiger charge is -2.13.